The molecule has 0 aliphatic carbocycles. The number of hydrogen-bond donors (Lipinski definition) is 0. The molecular weight excluding hydrogens is 206 g/mol. The van der Waals surface area contributed by atoms with E-state index in [1.165, 1.54) is 21.8 Å². The summed E-state index contributed by atoms with van der Waals surface area (Å²) in [5.74, 6) is 0. The summed E-state index contributed by atoms with van der Waals surface area (Å²) in [4.78, 5) is 0. The van der Waals surface area contributed by atoms with Crippen molar-refractivity contribution < 1.29 is 0 Å². The second-order valence-electron chi connectivity index (χ2n) is 4.20. The van der Waals surface area contributed by atoms with E-state index in [2.05, 4.69) is 72.3 Å². The third kappa shape index (κ3) is 1.55. The lowest BCUT2D eigenvalue weighted by atomic mass is 10.2. The highest BCUT2D eigenvalue weighted by molar-refractivity contribution is 6.09. The maximum Gasteiger partial charge on any atom is 0.0534 e. The van der Waals surface area contributed by atoms with Crippen LogP contribution in [-0.4, -0.2) is 4.57 Å². The lowest BCUT2D eigenvalue weighted by Gasteiger charge is -1.99. The lowest BCUT2D eigenvalue weighted by Crippen LogP contribution is -1.84. The summed E-state index contributed by atoms with van der Waals surface area (Å²) in [6.45, 7) is 2.16. The van der Waals surface area contributed by atoms with Crippen molar-refractivity contribution in [1.29, 1.82) is 0 Å². The Balaban J connectivity index is 2.46. The van der Waals surface area contributed by atoms with Gasteiger partial charge in [0.1, 0.15) is 0 Å². The standard InChI is InChI=1S/C16H15N/c1-2-3-12-17-15-10-6-4-8-13(15)14-9-5-7-11-16(14)17/h3-12H,2H2,1H3. The Kier molecular flexibility index (Phi) is 2.45. The van der Waals surface area contributed by atoms with E-state index in [4.69, 9.17) is 0 Å². The van der Waals surface area contributed by atoms with Gasteiger partial charge < -0.3 is 4.57 Å². The first-order valence-electron chi connectivity index (χ1n) is 6.06. The van der Waals surface area contributed by atoms with Crippen LogP contribution in [0.1, 0.15) is 13.3 Å². The molecule has 0 saturated heterocycles. The van der Waals surface area contributed by atoms with Crippen LogP contribution in [0.3, 0.4) is 0 Å². The van der Waals surface area contributed by atoms with E-state index in [9.17, 15) is 0 Å². The summed E-state index contributed by atoms with van der Waals surface area (Å²) in [6.07, 6.45) is 5.42. The van der Waals surface area contributed by atoms with E-state index in [0.29, 0.717) is 0 Å². The minimum absolute atomic E-state index is 1.06. The maximum atomic E-state index is 2.27. The van der Waals surface area contributed by atoms with Gasteiger partial charge in [0.2, 0.25) is 0 Å². The Morgan fingerprint density at radius 1 is 0.882 bits per heavy atom. The van der Waals surface area contributed by atoms with Gasteiger partial charge in [0.15, 0.2) is 0 Å². The zero-order valence-corrected chi connectivity index (χ0v) is 9.93. The SMILES string of the molecule is CCC=Cn1c2ccccc2c2ccccc21. The van der Waals surface area contributed by atoms with Gasteiger partial charge in [-0.2, -0.15) is 0 Å². The highest BCUT2D eigenvalue weighted by Crippen LogP contribution is 2.28. The van der Waals surface area contributed by atoms with Crippen LogP contribution < -0.4 is 0 Å². The molecule has 1 aromatic heterocycles. The third-order valence-corrected chi connectivity index (χ3v) is 3.11. The molecule has 0 aliphatic heterocycles. The van der Waals surface area contributed by atoms with Gasteiger partial charge in [-0.1, -0.05) is 49.4 Å². The number of allylic oxidation sites excluding steroid dienone is 1. The first-order valence-corrected chi connectivity index (χ1v) is 6.06. The van der Waals surface area contributed by atoms with Crippen LogP contribution in [0.15, 0.2) is 54.6 Å². The average Bonchev–Trinajstić information content (AvgIpc) is 2.71. The fraction of sp³-hybridized carbons (Fsp3) is 0.125. The van der Waals surface area contributed by atoms with E-state index in [1.54, 1.807) is 0 Å². The second kappa shape index (κ2) is 4.10. The monoisotopic (exact) mass is 221 g/mol. The Morgan fingerprint density at radius 2 is 1.41 bits per heavy atom. The van der Waals surface area contributed by atoms with E-state index in [0.717, 1.165) is 6.42 Å². The summed E-state index contributed by atoms with van der Waals surface area (Å²) in [7, 11) is 0. The smallest absolute Gasteiger partial charge is 0.0534 e. The van der Waals surface area contributed by atoms with Crippen molar-refractivity contribution in [3.8, 4) is 0 Å². The van der Waals surface area contributed by atoms with E-state index < -0.39 is 0 Å². The fourth-order valence-corrected chi connectivity index (χ4v) is 2.32. The summed E-state index contributed by atoms with van der Waals surface area (Å²) in [5, 5.41) is 2.65. The van der Waals surface area contributed by atoms with Crippen molar-refractivity contribution in [3.05, 3.63) is 54.6 Å². The molecule has 0 saturated carbocycles. The van der Waals surface area contributed by atoms with Crippen LogP contribution in [0.25, 0.3) is 28.0 Å². The molecule has 1 heteroatoms. The number of benzene rings is 2. The predicted octanol–water partition coefficient (Wildman–Crippen LogP) is 4.68. The van der Waals surface area contributed by atoms with Crippen LogP contribution in [0.4, 0.5) is 0 Å². The molecule has 17 heavy (non-hydrogen) atoms. The van der Waals surface area contributed by atoms with Gasteiger partial charge >= 0.3 is 0 Å². The first-order chi connectivity index (χ1) is 8.42. The third-order valence-electron chi connectivity index (χ3n) is 3.11. The molecule has 3 rings (SSSR count). The molecule has 0 unspecified atom stereocenters. The van der Waals surface area contributed by atoms with Crippen molar-refractivity contribution in [2.75, 3.05) is 0 Å². The number of nitrogens with zero attached hydrogens (tertiary/aromatic N) is 1. The van der Waals surface area contributed by atoms with E-state index in [-0.39, 0.29) is 0 Å². The van der Waals surface area contributed by atoms with Crippen molar-refractivity contribution >= 4 is 28.0 Å². The molecular formula is C16H15N. The summed E-state index contributed by atoms with van der Waals surface area (Å²) < 4.78 is 2.27. The average molecular weight is 221 g/mol. The van der Waals surface area contributed by atoms with Crippen molar-refractivity contribution in [3.63, 3.8) is 0 Å². The zero-order chi connectivity index (χ0) is 11.7. The maximum absolute atomic E-state index is 2.27. The Morgan fingerprint density at radius 3 is 1.94 bits per heavy atom. The number of fused-ring (bicyclic) bond motifs is 3. The van der Waals surface area contributed by atoms with Gasteiger partial charge in [-0.3, -0.25) is 0 Å². The summed E-state index contributed by atoms with van der Waals surface area (Å²) in [6, 6.07) is 17.1. The molecule has 0 spiro atoms. The van der Waals surface area contributed by atoms with Gasteiger partial charge in [0.05, 0.1) is 11.0 Å². The van der Waals surface area contributed by atoms with Crippen LogP contribution in [0.5, 0.6) is 0 Å². The molecule has 0 aliphatic rings. The molecule has 2 aromatic carbocycles. The molecule has 0 N–H and O–H groups in total. The molecule has 0 radical (unpaired) electrons. The number of rotatable bonds is 2. The van der Waals surface area contributed by atoms with Gasteiger partial charge in [-0.25, -0.2) is 0 Å². The van der Waals surface area contributed by atoms with Crippen LogP contribution in [-0.2, 0) is 0 Å². The molecule has 3 aromatic rings. The highest BCUT2D eigenvalue weighted by atomic mass is 14.9. The Bertz CT molecular complexity index is 636. The van der Waals surface area contributed by atoms with E-state index >= 15 is 0 Å². The van der Waals surface area contributed by atoms with Crippen molar-refractivity contribution in [1.82, 2.24) is 4.57 Å². The Labute approximate surface area is 101 Å². The largest absolute Gasteiger partial charge is 0.316 e. The molecule has 0 fully saturated rings. The minimum Gasteiger partial charge on any atom is -0.316 e. The van der Waals surface area contributed by atoms with Crippen molar-refractivity contribution in [2.45, 2.75) is 13.3 Å². The summed E-state index contributed by atoms with van der Waals surface area (Å²) >= 11 is 0. The quantitative estimate of drug-likeness (QED) is 0.592. The molecule has 0 amide bonds. The second-order valence-corrected chi connectivity index (χ2v) is 4.20. The molecule has 1 heterocycles. The van der Waals surface area contributed by atoms with Crippen LogP contribution in [0.2, 0.25) is 0 Å². The van der Waals surface area contributed by atoms with Gasteiger partial charge in [-0.05, 0) is 18.6 Å². The van der Waals surface area contributed by atoms with E-state index in [1.807, 2.05) is 0 Å². The lowest BCUT2D eigenvalue weighted by molar-refractivity contribution is 1.20. The molecule has 84 valence electrons. The number of hydrogen-bond acceptors (Lipinski definition) is 0. The van der Waals surface area contributed by atoms with Gasteiger partial charge in [0.25, 0.3) is 0 Å². The molecule has 0 atom stereocenters. The van der Waals surface area contributed by atoms with Gasteiger partial charge in [-0.15, -0.1) is 0 Å². The number of para-hydroxylation sites is 2. The predicted molar refractivity (Wildman–Crippen MR) is 75.1 cm³/mol. The Hall–Kier alpha value is -2.02. The fourth-order valence-electron chi connectivity index (χ4n) is 2.32. The van der Waals surface area contributed by atoms with Crippen molar-refractivity contribution in [2.24, 2.45) is 0 Å². The normalized spacial score (nSPS) is 11.8. The topological polar surface area (TPSA) is 4.93 Å². The van der Waals surface area contributed by atoms with Crippen LogP contribution >= 0.6 is 0 Å². The zero-order valence-electron chi connectivity index (χ0n) is 9.93. The van der Waals surface area contributed by atoms with Crippen LogP contribution in [0, 0.1) is 0 Å². The number of aromatic nitrogens is 1. The minimum atomic E-state index is 1.06. The molecule has 1 nitrogen and oxygen atoms in total. The summed E-state index contributed by atoms with van der Waals surface area (Å²) in [5.41, 5.74) is 2.55. The molecule has 0 bridgehead atoms. The first kappa shape index (κ1) is 10.2. The highest BCUT2D eigenvalue weighted by Gasteiger charge is 2.06. The van der Waals surface area contributed by atoms with Gasteiger partial charge in [0, 0.05) is 17.0 Å².